The molecule has 0 atom stereocenters. The number of nitrogens with zero attached hydrogens (tertiary/aromatic N) is 1. The molecule has 84 valence electrons. The lowest BCUT2D eigenvalue weighted by Gasteiger charge is -2.15. The van der Waals surface area contributed by atoms with Gasteiger partial charge in [0.25, 0.3) is 0 Å². The molecule has 1 aromatic rings. The van der Waals surface area contributed by atoms with Crippen LogP contribution >= 0.6 is 0 Å². The van der Waals surface area contributed by atoms with E-state index in [4.69, 9.17) is 4.74 Å². The first-order chi connectivity index (χ1) is 7.83. The van der Waals surface area contributed by atoms with Crippen molar-refractivity contribution in [2.75, 3.05) is 20.2 Å². The molecule has 2 heterocycles. The minimum Gasteiger partial charge on any atom is -0.464 e. The van der Waals surface area contributed by atoms with E-state index < -0.39 is 0 Å². The summed E-state index contributed by atoms with van der Waals surface area (Å²) in [5, 5.41) is 3.23. The van der Waals surface area contributed by atoms with Gasteiger partial charge in [-0.25, -0.2) is 9.78 Å². The normalized spacial score (nSPS) is 15.4. The van der Waals surface area contributed by atoms with Gasteiger partial charge in [-0.05, 0) is 24.6 Å². The maximum absolute atomic E-state index is 11.5. The first-order valence-corrected chi connectivity index (χ1v) is 5.26. The van der Waals surface area contributed by atoms with Crippen molar-refractivity contribution >= 4 is 11.5 Å². The van der Waals surface area contributed by atoms with Crippen molar-refractivity contribution in [1.82, 2.24) is 10.3 Å². The lowest BCUT2D eigenvalue weighted by atomic mass is 9.99. The summed E-state index contributed by atoms with van der Waals surface area (Å²) in [4.78, 5) is 15.6. The van der Waals surface area contributed by atoms with Gasteiger partial charge in [0, 0.05) is 18.3 Å². The van der Waals surface area contributed by atoms with E-state index in [9.17, 15) is 4.79 Å². The van der Waals surface area contributed by atoms with E-state index in [1.165, 1.54) is 7.11 Å². The third kappa shape index (κ3) is 2.12. The molecule has 0 spiro atoms. The molecule has 16 heavy (non-hydrogen) atoms. The van der Waals surface area contributed by atoms with Gasteiger partial charge in [0.05, 0.1) is 7.11 Å². The quantitative estimate of drug-likeness (QED) is 0.759. The standard InChI is InChI=1S/C12H14N2O2/c1-16-12(15)11-10(3-2-6-14-11)9-4-7-13-8-5-9/h2-4,6,13H,5,7-8H2,1H3. The number of aromatic nitrogens is 1. The molecular weight excluding hydrogens is 204 g/mol. The van der Waals surface area contributed by atoms with Crippen LogP contribution < -0.4 is 5.32 Å². The van der Waals surface area contributed by atoms with Gasteiger partial charge >= 0.3 is 5.97 Å². The molecule has 0 aromatic carbocycles. The zero-order valence-electron chi connectivity index (χ0n) is 9.19. The third-order valence-corrected chi connectivity index (χ3v) is 2.60. The van der Waals surface area contributed by atoms with Crippen LogP contribution in [0.15, 0.2) is 24.4 Å². The lowest BCUT2D eigenvalue weighted by molar-refractivity contribution is 0.0593. The van der Waals surface area contributed by atoms with Crippen LogP contribution in [0.5, 0.6) is 0 Å². The molecule has 0 unspecified atom stereocenters. The molecule has 1 N–H and O–H groups in total. The second-order valence-electron chi connectivity index (χ2n) is 3.57. The Hall–Kier alpha value is -1.68. The molecule has 0 saturated carbocycles. The lowest BCUT2D eigenvalue weighted by Crippen LogP contribution is -2.21. The van der Waals surface area contributed by atoms with Crippen LogP contribution in [0, 0.1) is 0 Å². The van der Waals surface area contributed by atoms with Gasteiger partial charge in [-0.2, -0.15) is 0 Å². The van der Waals surface area contributed by atoms with Gasteiger partial charge in [-0.1, -0.05) is 12.1 Å². The summed E-state index contributed by atoms with van der Waals surface area (Å²) in [6, 6.07) is 3.75. The molecule has 0 radical (unpaired) electrons. The average Bonchev–Trinajstić information content (AvgIpc) is 2.39. The maximum atomic E-state index is 11.5. The molecule has 2 rings (SSSR count). The summed E-state index contributed by atoms with van der Waals surface area (Å²) in [7, 11) is 1.37. The van der Waals surface area contributed by atoms with Gasteiger partial charge in [0.15, 0.2) is 5.69 Å². The Morgan fingerprint density at radius 3 is 3.12 bits per heavy atom. The molecule has 0 bridgehead atoms. The monoisotopic (exact) mass is 218 g/mol. The molecule has 1 aliphatic heterocycles. The highest BCUT2D eigenvalue weighted by atomic mass is 16.5. The topological polar surface area (TPSA) is 51.2 Å². The number of ether oxygens (including phenoxy) is 1. The molecule has 0 aliphatic carbocycles. The second kappa shape index (κ2) is 4.90. The summed E-state index contributed by atoms with van der Waals surface area (Å²) >= 11 is 0. The van der Waals surface area contributed by atoms with E-state index >= 15 is 0 Å². The number of hydrogen-bond donors (Lipinski definition) is 1. The Bertz CT molecular complexity index is 427. The van der Waals surface area contributed by atoms with Crippen molar-refractivity contribution in [2.45, 2.75) is 6.42 Å². The summed E-state index contributed by atoms with van der Waals surface area (Å²) < 4.78 is 4.72. The Labute approximate surface area is 94.3 Å². The molecule has 4 heteroatoms. The zero-order valence-corrected chi connectivity index (χ0v) is 9.19. The van der Waals surface area contributed by atoms with E-state index in [1.54, 1.807) is 6.20 Å². The maximum Gasteiger partial charge on any atom is 0.357 e. The molecule has 0 fully saturated rings. The molecule has 1 aliphatic rings. The first-order valence-electron chi connectivity index (χ1n) is 5.26. The van der Waals surface area contributed by atoms with Crippen molar-refractivity contribution in [3.8, 4) is 0 Å². The fraction of sp³-hybridized carbons (Fsp3) is 0.333. The predicted octanol–water partition coefficient (Wildman–Crippen LogP) is 1.24. The summed E-state index contributed by atoms with van der Waals surface area (Å²) in [6.45, 7) is 1.77. The second-order valence-corrected chi connectivity index (χ2v) is 3.57. The number of hydrogen-bond acceptors (Lipinski definition) is 4. The van der Waals surface area contributed by atoms with E-state index in [-0.39, 0.29) is 5.97 Å². The Balaban J connectivity index is 2.39. The zero-order chi connectivity index (χ0) is 11.4. The summed E-state index contributed by atoms with van der Waals surface area (Å²) in [5.74, 6) is -0.380. The first kappa shape index (κ1) is 10.8. The van der Waals surface area contributed by atoms with Crippen LogP contribution in [0.4, 0.5) is 0 Å². The van der Waals surface area contributed by atoms with E-state index in [1.807, 2.05) is 12.1 Å². The minimum absolute atomic E-state index is 0.380. The molecule has 0 saturated heterocycles. The van der Waals surface area contributed by atoms with Crippen LogP contribution in [-0.2, 0) is 4.74 Å². The van der Waals surface area contributed by atoms with E-state index in [0.29, 0.717) is 5.69 Å². The number of carbonyl (C=O) groups excluding carboxylic acids is 1. The highest BCUT2D eigenvalue weighted by Crippen LogP contribution is 2.22. The number of nitrogens with one attached hydrogen (secondary N) is 1. The van der Waals surface area contributed by atoms with Gasteiger partial charge < -0.3 is 10.1 Å². The summed E-state index contributed by atoms with van der Waals surface area (Å²) in [5.41, 5.74) is 2.45. The fourth-order valence-corrected chi connectivity index (χ4v) is 1.79. The van der Waals surface area contributed by atoms with E-state index in [0.717, 1.165) is 30.6 Å². The van der Waals surface area contributed by atoms with Crippen LogP contribution in [0.1, 0.15) is 22.5 Å². The highest BCUT2D eigenvalue weighted by molar-refractivity contribution is 5.93. The average molecular weight is 218 g/mol. The SMILES string of the molecule is COC(=O)c1ncccc1C1=CCNCC1. The van der Waals surface area contributed by atoms with Crippen molar-refractivity contribution in [3.05, 3.63) is 35.7 Å². The van der Waals surface area contributed by atoms with Crippen molar-refractivity contribution in [2.24, 2.45) is 0 Å². The number of rotatable bonds is 2. The number of pyridine rings is 1. The molecular formula is C12H14N2O2. The summed E-state index contributed by atoms with van der Waals surface area (Å²) in [6.07, 6.45) is 4.61. The van der Waals surface area contributed by atoms with Gasteiger partial charge in [0.1, 0.15) is 0 Å². The number of esters is 1. The van der Waals surface area contributed by atoms with Crippen molar-refractivity contribution < 1.29 is 9.53 Å². The Kier molecular flexibility index (Phi) is 3.31. The highest BCUT2D eigenvalue weighted by Gasteiger charge is 2.16. The number of carbonyl (C=O) groups is 1. The minimum atomic E-state index is -0.380. The molecule has 0 amide bonds. The molecule has 4 nitrogen and oxygen atoms in total. The van der Waals surface area contributed by atoms with Crippen LogP contribution in [-0.4, -0.2) is 31.2 Å². The largest absolute Gasteiger partial charge is 0.464 e. The van der Waals surface area contributed by atoms with Crippen molar-refractivity contribution in [1.29, 1.82) is 0 Å². The fourth-order valence-electron chi connectivity index (χ4n) is 1.79. The number of methoxy groups -OCH3 is 1. The van der Waals surface area contributed by atoms with Crippen molar-refractivity contribution in [3.63, 3.8) is 0 Å². The Morgan fingerprint density at radius 1 is 1.56 bits per heavy atom. The predicted molar refractivity (Wildman–Crippen MR) is 61.0 cm³/mol. The van der Waals surface area contributed by atoms with E-state index in [2.05, 4.69) is 16.4 Å². The Morgan fingerprint density at radius 2 is 2.44 bits per heavy atom. The van der Waals surface area contributed by atoms with Crippen LogP contribution in [0.3, 0.4) is 0 Å². The third-order valence-electron chi connectivity index (χ3n) is 2.60. The van der Waals surface area contributed by atoms with Gasteiger partial charge in [0.2, 0.25) is 0 Å². The van der Waals surface area contributed by atoms with Gasteiger partial charge in [-0.3, -0.25) is 0 Å². The molecule has 1 aromatic heterocycles. The van der Waals surface area contributed by atoms with Gasteiger partial charge in [-0.15, -0.1) is 0 Å². The van der Waals surface area contributed by atoms with Crippen LogP contribution in [0.25, 0.3) is 5.57 Å². The smallest absolute Gasteiger partial charge is 0.357 e. The van der Waals surface area contributed by atoms with Crippen LogP contribution in [0.2, 0.25) is 0 Å².